The number of amides is 1. The number of hydrogen-bond donors (Lipinski definition) is 6. The molecule has 7 unspecified atom stereocenters. The fourth-order valence-electron chi connectivity index (χ4n) is 10.8. The Kier molecular flexibility index (Phi) is 52.0. The molecular weight excluding hydrogens is 911 g/mol. The SMILES string of the molecule is CCCCCCCCCC/C=C/C(O)C(COC1OC(CO)C(O)C(O)C1O)NC(=O)CCCCCCCCCCCCCCCCCCCCCCCCCCCCCCCCCCCCCCCCCC. The molecule has 73 heavy (non-hydrogen) atoms. The van der Waals surface area contributed by atoms with Crippen LogP contribution >= 0.6 is 0 Å². The summed E-state index contributed by atoms with van der Waals surface area (Å²) in [4.78, 5) is 13.0. The molecule has 1 amide bonds. The Bertz CT molecular complexity index is 1150. The second-order valence-electron chi connectivity index (χ2n) is 22.9. The van der Waals surface area contributed by atoms with E-state index in [-0.39, 0.29) is 12.5 Å². The molecule has 0 aromatic heterocycles. The maximum absolute atomic E-state index is 13.0. The smallest absolute Gasteiger partial charge is 0.220 e. The molecule has 9 heteroatoms. The predicted molar refractivity (Wildman–Crippen MR) is 309 cm³/mol. The molecule has 6 N–H and O–H groups in total. The summed E-state index contributed by atoms with van der Waals surface area (Å²) in [7, 11) is 0. The molecule has 1 fully saturated rings. The number of rotatable bonds is 57. The number of aliphatic hydroxyl groups excluding tert-OH is 5. The molecule has 0 spiro atoms. The van der Waals surface area contributed by atoms with Crippen molar-refractivity contribution in [2.24, 2.45) is 0 Å². The minimum atomic E-state index is -1.56. The molecule has 1 rings (SSSR count). The standard InChI is InChI=1S/C64H125NO8/c1-3-5-7-9-11-13-15-16-17-18-19-20-21-22-23-24-25-26-27-28-29-30-31-32-33-34-35-36-37-38-39-40-41-42-43-44-46-48-50-52-54-60(68)65-57(56-72-64-63(71)62(70)61(69)59(55-66)73-64)58(67)53-51-49-47-45-14-12-10-8-6-4-2/h51,53,57-59,61-64,66-67,69-71H,3-50,52,54-56H2,1-2H3,(H,65,68)/b53-51+. The zero-order chi connectivity index (χ0) is 52.9. The monoisotopic (exact) mass is 1040 g/mol. The molecule has 0 aliphatic carbocycles. The van der Waals surface area contributed by atoms with Crippen molar-refractivity contribution in [2.45, 2.75) is 378 Å². The Morgan fingerprint density at radius 2 is 0.753 bits per heavy atom. The van der Waals surface area contributed by atoms with Crippen LogP contribution in [0.15, 0.2) is 12.2 Å². The van der Waals surface area contributed by atoms with Gasteiger partial charge in [-0.05, 0) is 19.3 Å². The van der Waals surface area contributed by atoms with Crippen LogP contribution in [0.25, 0.3) is 0 Å². The molecule has 434 valence electrons. The maximum atomic E-state index is 13.0. The van der Waals surface area contributed by atoms with Crippen LogP contribution in [-0.2, 0) is 14.3 Å². The van der Waals surface area contributed by atoms with Gasteiger partial charge < -0.3 is 40.3 Å². The number of nitrogens with one attached hydrogen (secondary N) is 1. The van der Waals surface area contributed by atoms with Gasteiger partial charge in [0, 0.05) is 6.42 Å². The van der Waals surface area contributed by atoms with E-state index in [1.165, 1.54) is 276 Å². The van der Waals surface area contributed by atoms with Crippen LogP contribution in [-0.4, -0.2) is 87.5 Å². The molecule has 0 saturated carbocycles. The normalized spacial score (nSPS) is 19.0. The lowest BCUT2D eigenvalue weighted by Gasteiger charge is -2.40. The number of carbonyl (C=O) groups is 1. The third-order valence-corrected chi connectivity index (χ3v) is 15.9. The third-order valence-electron chi connectivity index (χ3n) is 15.9. The van der Waals surface area contributed by atoms with E-state index in [9.17, 15) is 30.3 Å². The highest BCUT2D eigenvalue weighted by Gasteiger charge is 2.44. The van der Waals surface area contributed by atoms with Gasteiger partial charge in [0.25, 0.3) is 0 Å². The van der Waals surface area contributed by atoms with Crippen molar-refractivity contribution in [2.75, 3.05) is 13.2 Å². The van der Waals surface area contributed by atoms with Crippen molar-refractivity contribution in [3.05, 3.63) is 12.2 Å². The predicted octanol–water partition coefficient (Wildman–Crippen LogP) is 16.7. The van der Waals surface area contributed by atoms with E-state index in [0.717, 1.165) is 38.5 Å². The maximum Gasteiger partial charge on any atom is 0.220 e. The summed E-state index contributed by atoms with van der Waals surface area (Å²) in [6.07, 6.45) is 62.1. The van der Waals surface area contributed by atoms with Crippen molar-refractivity contribution in [3.63, 3.8) is 0 Å². The Morgan fingerprint density at radius 3 is 1.07 bits per heavy atom. The molecule has 9 nitrogen and oxygen atoms in total. The van der Waals surface area contributed by atoms with Gasteiger partial charge in [-0.25, -0.2) is 0 Å². The van der Waals surface area contributed by atoms with Crippen molar-refractivity contribution < 1.29 is 39.8 Å². The first kappa shape index (κ1) is 69.9. The van der Waals surface area contributed by atoms with E-state index in [1.807, 2.05) is 6.08 Å². The van der Waals surface area contributed by atoms with Gasteiger partial charge in [0.2, 0.25) is 5.91 Å². The van der Waals surface area contributed by atoms with Gasteiger partial charge in [-0.15, -0.1) is 0 Å². The molecule has 1 aliphatic heterocycles. The largest absolute Gasteiger partial charge is 0.394 e. The molecule has 0 radical (unpaired) electrons. The zero-order valence-electron chi connectivity index (χ0n) is 48.4. The van der Waals surface area contributed by atoms with Crippen molar-refractivity contribution in [1.29, 1.82) is 0 Å². The van der Waals surface area contributed by atoms with E-state index < -0.39 is 49.5 Å². The van der Waals surface area contributed by atoms with Gasteiger partial charge in [0.05, 0.1) is 25.4 Å². The highest BCUT2D eigenvalue weighted by Crippen LogP contribution is 2.23. The van der Waals surface area contributed by atoms with Gasteiger partial charge in [0.1, 0.15) is 24.4 Å². The second-order valence-corrected chi connectivity index (χ2v) is 22.9. The first-order chi connectivity index (χ1) is 35.8. The lowest BCUT2D eigenvalue weighted by molar-refractivity contribution is -0.302. The number of unbranched alkanes of at least 4 members (excludes halogenated alkanes) is 47. The molecule has 0 aromatic carbocycles. The van der Waals surface area contributed by atoms with E-state index in [0.29, 0.717) is 6.42 Å². The molecular formula is C64H125NO8. The summed E-state index contributed by atoms with van der Waals surface area (Å²) >= 11 is 0. The first-order valence-corrected chi connectivity index (χ1v) is 32.4. The van der Waals surface area contributed by atoms with Gasteiger partial charge in [0.15, 0.2) is 6.29 Å². The fourth-order valence-corrected chi connectivity index (χ4v) is 10.8. The van der Waals surface area contributed by atoms with Crippen molar-refractivity contribution in [1.82, 2.24) is 5.32 Å². The summed E-state index contributed by atoms with van der Waals surface area (Å²) < 4.78 is 11.2. The first-order valence-electron chi connectivity index (χ1n) is 32.4. The van der Waals surface area contributed by atoms with E-state index in [2.05, 4.69) is 19.2 Å². The lowest BCUT2D eigenvalue weighted by Crippen LogP contribution is -2.60. The van der Waals surface area contributed by atoms with Crippen LogP contribution in [0.1, 0.15) is 335 Å². The lowest BCUT2D eigenvalue weighted by atomic mass is 9.99. The van der Waals surface area contributed by atoms with Crippen LogP contribution < -0.4 is 5.32 Å². The number of aliphatic hydroxyl groups is 5. The van der Waals surface area contributed by atoms with E-state index in [4.69, 9.17) is 9.47 Å². The number of allylic oxidation sites excluding steroid dienone is 1. The van der Waals surface area contributed by atoms with Gasteiger partial charge in [-0.1, -0.05) is 321 Å². The minimum absolute atomic E-state index is 0.172. The Morgan fingerprint density at radius 1 is 0.452 bits per heavy atom. The quantitative estimate of drug-likeness (QED) is 0.0261. The average Bonchev–Trinajstić information content (AvgIpc) is 3.39. The average molecular weight is 1040 g/mol. The number of hydrogen-bond acceptors (Lipinski definition) is 8. The number of ether oxygens (including phenoxy) is 2. The molecule has 1 heterocycles. The Labute approximate surface area is 452 Å². The van der Waals surface area contributed by atoms with Crippen LogP contribution in [0.3, 0.4) is 0 Å². The number of carbonyl (C=O) groups excluding carboxylic acids is 1. The van der Waals surface area contributed by atoms with E-state index >= 15 is 0 Å². The van der Waals surface area contributed by atoms with Gasteiger partial charge in [-0.2, -0.15) is 0 Å². The Balaban J connectivity index is 1.96. The van der Waals surface area contributed by atoms with Crippen LogP contribution in [0.5, 0.6) is 0 Å². The summed E-state index contributed by atoms with van der Waals surface area (Å²) in [6.45, 7) is 3.79. The molecule has 1 aliphatic rings. The van der Waals surface area contributed by atoms with Crippen LogP contribution in [0, 0.1) is 0 Å². The van der Waals surface area contributed by atoms with Gasteiger partial charge >= 0.3 is 0 Å². The minimum Gasteiger partial charge on any atom is -0.394 e. The highest BCUT2D eigenvalue weighted by molar-refractivity contribution is 5.76. The summed E-state index contributed by atoms with van der Waals surface area (Å²) in [6, 6.07) is -0.799. The summed E-state index contributed by atoms with van der Waals surface area (Å²) in [5.41, 5.74) is 0. The molecule has 0 bridgehead atoms. The molecule has 0 aromatic rings. The zero-order valence-corrected chi connectivity index (χ0v) is 48.4. The molecule has 7 atom stereocenters. The second kappa shape index (κ2) is 54.3. The topological polar surface area (TPSA) is 149 Å². The Hall–Kier alpha value is -1.07. The summed E-state index contributed by atoms with van der Waals surface area (Å²) in [5.74, 6) is -0.172. The van der Waals surface area contributed by atoms with E-state index in [1.54, 1.807) is 6.08 Å². The third kappa shape index (κ3) is 43.6. The highest BCUT2D eigenvalue weighted by atomic mass is 16.7. The van der Waals surface area contributed by atoms with Crippen molar-refractivity contribution in [3.8, 4) is 0 Å². The van der Waals surface area contributed by atoms with Crippen LogP contribution in [0.2, 0.25) is 0 Å². The fraction of sp³-hybridized carbons (Fsp3) is 0.953. The molecule has 1 saturated heterocycles. The van der Waals surface area contributed by atoms with Crippen LogP contribution in [0.4, 0.5) is 0 Å². The van der Waals surface area contributed by atoms with Gasteiger partial charge in [-0.3, -0.25) is 4.79 Å². The summed E-state index contributed by atoms with van der Waals surface area (Å²) in [5, 5.41) is 54.3. The van der Waals surface area contributed by atoms with Crippen molar-refractivity contribution >= 4 is 5.91 Å².